The van der Waals surface area contributed by atoms with E-state index in [2.05, 4.69) is 41.2 Å². The molecule has 23 heteroatoms. The minimum atomic E-state index is -0.684. The molecular weight excluding hydrogens is 1120 g/mol. The van der Waals surface area contributed by atoms with Crippen LogP contribution in [0.4, 0.5) is 11.4 Å². The molecule has 4 aromatic carbocycles. The number of benzene rings is 4. The monoisotopic (exact) mass is 1170 g/mol. The van der Waals surface area contributed by atoms with Crippen molar-refractivity contribution in [2.75, 3.05) is 37.6 Å². The Kier molecular flexibility index (Phi) is 15.8. The number of halogens is 3. The lowest BCUT2D eigenvalue weighted by molar-refractivity contribution is -0.121. The number of methoxy groups -OCH3 is 1. The van der Waals surface area contributed by atoms with Crippen LogP contribution in [-0.2, 0) is 65.7 Å². The van der Waals surface area contributed by atoms with Crippen LogP contribution in [0.25, 0.3) is 22.5 Å². The van der Waals surface area contributed by atoms with Gasteiger partial charge in [-0.15, -0.1) is 10.2 Å². The summed E-state index contributed by atoms with van der Waals surface area (Å²) >= 11 is 19.1. The fraction of sp³-hybridized carbons (Fsp3) is 0.288. The minimum Gasteiger partial charge on any atom is -0.486 e. The lowest BCUT2D eigenvalue weighted by Crippen LogP contribution is -2.35. The standard InChI is InChI=1S/C30H27Cl2N5O5.C29H26ClN5O5/c1-3-40-28(38)21-8-9-25(33-17(21)2)22-10-18(31)11-24(32)27(22)41-15-19-13-37(36-35-19)14-20-12-30(16-42-20)23-6-4-5-7-26(23)34-29(30)39;1-17-21(27(36)38-2)8-9-24(31-17)22-11-18(30)7-10-26(22)39-15-19-13-35(34-33-19)14-20-12-29(16-40-20)23-5-3-4-6-25(23)32-28(29)37/h4-11,13,20H,3,12,14-16H2,1-2H3,(H,34,39);3-11,13,20H,12,14-16H2,1-2H3,(H,32,37). The molecule has 4 atom stereocenters. The number of hydrogen-bond donors (Lipinski definition) is 2. The van der Waals surface area contributed by atoms with Crippen LogP contribution in [0.1, 0.15) is 74.4 Å². The molecular formula is C59H53Cl3N10O10. The second kappa shape index (κ2) is 23.3. The number of nitrogens with zero attached hydrogens (tertiary/aromatic N) is 8. The number of para-hydroxylation sites is 2. The first-order valence-electron chi connectivity index (χ1n) is 26.2. The maximum atomic E-state index is 12.9. The van der Waals surface area contributed by atoms with E-state index >= 15 is 0 Å². The van der Waals surface area contributed by atoms with Crippen LogP contribution in [0, 0.1) is 13.8 Å². The highest BCUT2D eigenvalue weighted by Crippen LogP contribution is 2.47. The van der Waals surface area contributed by atoms with Crippen molar-refractivity contribution in [2.45, 2.75) is 83.0 Å². The van der Waals surface area contributed by atoms with E-state index in [-0.39, 0.29) is 43.8 Å². The van der Waals surface area contributed by atoms with Crippen molar-refractivity contribution >= 4 is 69.9 Å². The number of carbonyl (C=O) groups excluding carboxylic acids is 4. The zero-order valence-electron chi connectivity index (χ0n) is 44.8. The molecule has 0 radical (unpaired) electrons. The molecule has 8 heterocycles. The molecule has 0 bridgehead atoms. The number of amides is 2. The number of aromatic nitrogens is 8. The van der Waals surface area contributed by atoms with Gasteiger partial charge in [-0.3, -0.25) is 19.6 Å². The van der Waals surface area contributed by atoms with Crippen molar-refractivity contribution < 1.29 is 47.6 Å². The second-order valence-corrected chi connectivity index (χ2v) is 21.4. The molecule has 4 aliphatic rings. The number of hydrogen-bond acceptors (Lipinski definition) is 16. The Hall–Kier alpha value is -8.27. The number of pyridine rings is 2. The first-order valence-corrected chi connectivity index (χ1v) is 27.4. The highest BCUT2D eigenvalue weighted by atomic mass is 35.5. The minimum absolute atomic E-state index is 0.0210. The molecule has 2 spiro atoms. The zero-order valence-corrected chi connectivity index (χ0v) is 47.1. The first kappa shape index (κ1) is 55.6. The average Bonchev–Trinajstić information content (AvgIpc) is 4.14. The van der Waals surface area contributed by atoms with Crippen LogP contribution in [0.5, 0.6) is 11.5 Å². The molecule has 420 valence electrons. The van der Waals surface area contributed by atoms with Crippen molar-refractivity contribution in [3.05, 3.63) is 176 Å². The van der Waals surface area contributed by atoms with E-state index < -0.39 is 22.8 Å². The largest absolute Gasteiger partial charge is 0.486 e. The summed E-state index contributed by atoms with van der Waals surface area (Å²) in [6.45, 7) is 7.29. The van der Waals surface area contributed by atoms with Gasteiger partial charge in [0, 0.05) is 32.5 Å². The van der Waals surface area contributed by atoms with E-state index in [1.165, 1.54) is 7.11 Å². The summed E-state index contributed by atoms with van der Waals surface area (Å²) in [6, 6.07) is 30.8. The van der Waals surface area contributed by atoms with Crippen molar-refractivity contribution in [1.82, 2.24) is 40.0 Å². The third-order valence-corrected chi connectivity index (χ3v) is 15.5. The van der Waals surface area contributed by atoms with Crippen molar-refractivity contribution in [2.24, 2.45) is 0 Å². The summed E-state index contributed by atoms with van der Waals surface area (Å²) in [5, 5.41) is 24.2. The summed E-state index contributed by atoms with van der Waals surface area (Å²) in [5.41, 5.74) is 7.70. The molecule has 0 aliphatic carbocycles. The molecule has 2 N–H and O–H groups in total. The van der Waals surface area contributed by atoms with E-state index in [1.54, 1.807) is 97.1 Å². The Labute approximate surface area is 485 Å². The predicted molar refractivity (Wildman–Crippen MR) is 302 cm³/mol. The van der Waals surface area contributed by atoms with Gasteiger partial charge in [0.05, 0.1) is 104 Å². The fourth-order valence-corrected chi connectivity index (χ4v) is 11.5. The number of fused-ring (bicyclic) bond motifs is 4. The third kappa shape index (κ3) is 11.1. The fourth-order valence-electron chi connectivity index (χ4n) is 10.8. The molecule has 20 nitrogen and oxygen atoms in total. The number of esters is 2. The Bertz CT molecular complexity index is 3800. The van der Waals surface area contributed by atoms with Gasteiger partial charge < -0.3 is 39.1 Å². The number of carbonyl (C=O) groups is 4. The van der Waals surface area contributed by atoms with E-state index in [0.717, 1.165) is 22.5 Å². The summed E-state index contributed by atoms with van der Waals surface area (Å²) in [7, 11) is 1.33. The molecule has 12 rings (SSSR count). The molecule has 2 amide bonds. The van der Waals surface area contributed by atoms with Crippen LogP contribution >= 0.6 is 34.8 Å². The molecule has 82 heavy (non-hydrogen) atoms. The third-order valence-electron chi connectivity index (χ3n) is 14.8. The number of nitrogens with one attached hydrogen (secondary N) is 2. The summed E-state index contributed by atoms with van der Waals surface area (Å²) in [5.74, 6) is -0.00651. The van der Waals surface area contributed by atoms with Gasteiger partial charge in [0.1, 0.15) is 46.9 Å². The molecule has 4 aliphatic heterocycles. The number of ether oxygens (including phenoxy) is 6. The lowest BCUT2D eigenvalue weighted by atomic mass is 9.79. The van der Waals surface area contributed by atoms with Gasteiger partial charge in [-0.2, -0.15) is 0 Å². The van der Waals surface area contributed by atoms with Crippen molar-refractivity contribution in [3.63, 3.8) is 0 Å². The number of aryl methyl sites for hydroxylation is 2. The van der Waals surface area contributed by atoms with Crippen LogP contribution < -0.4 is 20.1 Å². The maximum Gasteiger partial charge on any atom is 0.339 e. The summed E-state index contributed by atoms with van der Waals surface area (Å²) in [4.78, 5) is 59.0. The van der Waals surface area contributed by atoms with Gasteiger partial charge in [-0.05, 0) is 111 Å². The average molecular weight is 1170 g/mol. The first-order chi connectivity index (χ1) is 39.6. The van der Waals surface area contributed by atoms with E-state index in [1.807, 2.05) is 48.5 Å². The van der Waals surface area contributed by atoms with Crippen molar-refractivity contribution in [1.29, 1.82) is 0 Å². The Morgan fingerprint density at radius 1 is 0.659 bits per heavy atom. The number of anilines is 2. The topological polar surface area (TPSA) is 235 Å². The van der Waals surface area contributed by atoms with Crippen LogP contribution in [0.3, 0.4) is 0 Å². The highest BCUT2D eigenvalue weighted by molar-refractivity contribution is 6.36. The van der Waals surface area contributed by atoms with Gasteiger partial charge in [-0.1, -0.05) is 81.6 Å². The Balaban J connectivity index is 0.000000172. The molecule has 4 unspecified atom stereocenters. The SMILES string of the molecule is CCOC(=O)c1ccc(-c2cc(Cl)cc(Cl)c2OCc2cn(CC3CC4(CO3)C(=O)Nc3ccccc34)nn2)nc1C.COC(=O)c1ccc(-c2cc(Cl)ccc2OCc2cn(CC3CC4(CO3)C(=O)Nc3ccccc34)nn2)nc1C. The second-order valence-electron chi connectivity index (χ2n) is 20.2. The zero-order chi connectivity index (χ0) is 57.3. The quantitative estimate of drug-likeness (QED) is 0.0909. The summed E-state index contributed by atoms with van der Waals surface area (Å²) in [6.07, 6.45) is 4.31. The Morgan fingerprint density at radius 2 is 1.18 bits per heavy atom. The molecule has 2 fully saturated rings. The normalized spacial score (nSPS) is 19.3. The van der Waals surface area contributed by atoms with Gasteiger partial charge in [0.15, 0.2) is 0 Å². The smallest absolute Gasteiger partial charge is 0.339 e. The molecule has 2 saturated heterocycles. The van der Waals surface area contributed by atoms with Gasteiger partial charge >= 0.3 is 11.9 Å². The maximum absolute atomic E-state index is 12.9. The molecule has 0 saturated carbocycles. The lowest BCUT2D eigenvalue weighted by Gasteiger charge is -2.19. The van der Waals surface area contributed by atoms with Crippen molar-refractivity contribution in [3.8, 4) is 34.0 Å². The van der Waals surface area contributed by atoms with Gasteiger partial charge in [0.25, 0.3) is 0 Å². The Morgan fingerprint density at radius 3 is 1.73 bits per heavy atom. The highest BCUT2D eigenvalue weighted by Gasteiger charge is 2.53. The van der Waals surface area contributed by atoms with E-state index in [9.17, 15) is 19.2 Å². The molecule has 8 aromatic rings. The van der Waals surface area contributed by atoms with Gasteiger partial charge in [0.2, 0.25) is 11.8 Å². The van der Waals surface area contributed by atoms with E-state index in [4.69, 9.17) is 63.2 Å². The molecule has 4 aromatic heterocycles. The van der Waals surface area contributed by atoms with Crippen LogP contribution in [-0.4, -0.2) is 103 Å². The predicted octanol–water partition coefficient (Wildman–Crippen LogP) is 9.74. The van der Waals surface area contributed by atoms with Crippen LogP contribution in [0.2, 0.25) is 15.1 Å². The van der Waals surface area contributed by atoms with E-state index in [0.29, 0.717) is 122 Å². The van der Waals surface area contributed by atoms with Crippen LogP contribution in [0.15, 0.2) is 116 Å². The van der Waals surface area contributed by atoms with Gasteiger partial charge in [-0.25, -0.2) is 19.0 Å². The summed E-state index contributed by atoms with van der Waals surface area (Å²) < 4.78 is 37.6. The number of rotatable bonds is 15.